The largest absolute Gasteiger partial charge is 0.429 e. The maximum Gasteiger partial charge on any atom is 0.429 e. The number of hydrogen-bond acceptors (Lipinski definition) is 1. The minimum atomic E-state index is -6.12. The van der Waals surface area contributed by atoms with E-state index in [1.165, 1.54) is 6.92 Å². The lowest BCUT2D eigenvalue weighted by Gasteiger charge is -2.46. The second-order valence-corrected chi connectivity index (χ2v) is 7.77. The zero-order valence-electron chi connectivity index (χ0n) is 12.2. The predicted molar refractivity (Wildman–Crippen MR) is 62.5 cm³/mol. The first kappa shape index (κ1) is 16.3. The van der Waals surface area contributed by atoms with Gasteiger partial charge >= 0.3 is 12.4 Å². The Morgan fingerprint density at radius 3 is 1.77 bits per heavy atom. The Hall–Kier alpha value is -0.530. The molecule has 1 N–H and O–H groups in total. The average molecular weight is 334 g/mol. The standard InChI is InChI=1S/C14H17F7O/c1-6-7-4-10(8(6)9(10,2)3)5-11(7,15)12(22,13(16,17)18)14(19,20)21/h6-8,22H,4-5H2,1-3H3. The van der Waals surface area contributed by atoms with Crippen molar-refractivity contribution in [3.63, 3.8) is 0 Å². The van der Waals surface area contributed by atoms with Crippen LogP contribution in [0.5, 0.6) is 0 Å². The summed E-state index contributed by atoms with van der Waals surface area (Å²) in [5, 5.41) is 9.56. The molecule has 0 aromatic heterocycles. The van der Waals surface area contributed by atoms with Gasteiger partial charge in [-0.2, -0.15) is 26.3 Å². The first-order valence-electron chi connectivity index (χ1n) is 7.13. The van der Waals surface area contributed by atoms with Crippen molar-refractivity contribution in [3.8, 4) is 0 Å². The molecule has 3 rings (SSSR count). The summed E-state index contributed by atoms with van der Waals surface area (Å²) in [4.78, 5) is 0. The minimum absolute atomic E-state index is 0.0309. The molecule has 1 nitrogen and oxygen atoms in total. The van der Waals surface area contributed by atoms with Crippen LogP contribution >= 0.6 is 0 Å². The van der Waals surface area contributed by atoms with E-state index in [4.69, 9.17) is 0 Å². The van der Waals surface area contributed by atoms with Crippen LogP contribution in [0.3, 0.4) is 0 Å². The van der Waals surface area contributed by atoms with E-state index in [1.807, 2.05) is 0 Å². The fourth-order valence-electron chi connectivity index (χ4n) is 5.96. The molecule has 0 saturated heterocycles. The molecule has 0 aromatic rings. The second kappa shape index (κ2) is 3.59. The Balaban J connectivity index is 2.12. The maximum absolute atomic E-state index is 15.2. The molecule has 3 saturated carbocycles. The van der Waals surface area contributed by atoms with Gasteiger partial charge in [0, 0.05) is 5.92 Å². The molecule has 5 atom stereocenters. The van der Waals surface area contributed by atoms with Gasteiger partial charge < -0.3 is 5.11 Å². The highest BCUT2D eigenvalue weighted by molar-refractivity contribution is 5.35. The van der Waals surface area contributed by atoms with Crippen molar-refractivity contribution in [1.29, 1.82) is 0 Å². The van der Waals surface area contributed by atoms with Crippen molar-refractivity contribution in [2.75, 3.05) is 0 Å². The van der Waals surface area contributed by atoms with Crippen LogP contribution in [0.25, 0.3) is 0 Å². The van der Waals surface area contributed by atoms with E-state index in [1.54, 1.807) is 13.8 Å². The van der Waals surface area contributed by atoms with Gasteiger partial charge in [0.25, 0.3) is 5.60 Å². The Kier molecular flexibility index (Phi) is 2.67. The number of halogens is 7. The van der Waals surface area contributed by atoms with Gasteiger partial charge in [-0.15, -0.1) is 0 Å². The molecule has 0 aliphatic heterocycles. The zero-order chi connectivity index (χ0) is 17.1. The third-order valence-electron chi connectivity index (χ3n) is 6.90. The highest BCUT2D eigenvalue weighted by Gasteiger charge is 2.92. The highest BCUT2D eigenvalue weighted by atomic mass is 19.4. The van der Waals surface area contributed by atoms with E-state index in [2.05, 4.69) is 0 Å². The summed E-state index contributed by atoms with van der Waals surface area (Å²) in [5.74, 6) is -2.14. The normalized spacial score (nSPS) is 46.8. The van der Waals surface area contributed by atoms with Gasteiger partial charge in [-0.25, -0.2) is 4.39 Å². The third-order valence-corrected chi connectivity index (χ3v) is 6.90. The van der Waals surface area contributed by atoms with Gasteiger partial charge in [0.05, 0.1) is 0 Å². The van der Waals surface area contributed by atoms with E-state index in [9.17, 15) is 31.4 Å². The molecule has 5 unspecified atom stereocenters. The van der Waals surface area contributed by atoms with Crippen molar-refractivity contribution in [2.24, 2.45) is 28.6 Å². The molecule has 3 aliphatic rings. The SMILES string of the molecule is CC1C2CC3(CC2(F)C(O)(C(F)(F)F)C(F)(F)F)C1C3(C)C. The van der Waals surface area contributed by atoms with E-state index < -0.39 is 52.7 Å². The van der Waals surface area contributed by atoms with Crippen molar-refractivity contribution in [3.05, 3.63) is 0 Å². The van der Waals surface area contributed by atoms with E-state index in [0.29, 0.717) is 0 Å². The molecule has 8 heteroatoms. The van der Waals surface area contributed by atoms with Crippen molar-refractivity contribution >= 4 is 0 Å². The lowest BCUT2D eigenvalue weighted by atomic mass is 9.68. The minimum Gasteiger partial charge on any atom is -0.371 e. The molecular weight excluding hydrogens is 317 g/mol. The summed E-state index contributed by atoms with van der Waals surface area (Å²) in [6.45, 7) is 4.99. The zero-order valence-corrected chi connectivity index (χ0v) is 12.2. The Labute approximate surface area is 122 Å². The molecule has 3 aliphatic carbocycles. The van der Waals surface area contributed by atoms with E-state index in [0.717, 1.165) is 0 Å². The Morgan fingerprint density at radius 2 is 1.45 bits per heavy atom. The fraction of sp³-hybridized carbons (Fsp3) is 1.00. The summed E-state index contributed by atoms with van der Waals surface area (Å²) in [5.41, 5.74) is -10.4. The molecule has 128 valence electrons. The highest BCUT2D eigenvalue weighted by Crippen LogP contribution is 2.88. The maximum atomic E-state index is 15.2. The quantitative estimate of drug-likeness (QED) is 0.711. The molecule has 0 heterocycles. The van der Waals surface area contributed by atoms with Gasteiger partial charge in [0.15, 0.2) is 5.67 Å². The van der Waals surface area contributed by atoms with Crippen LogP contribution in [0, 0.1) is 28.6 Å². The number of alkyl halides is 7. The number of aliphatic hydroxyl groups is 1. The topological polar surface area (TPSA) is 20.2 Å². The van der Waals surface area contributed by atoms with Crippen LogP contribution in [0.1, 0.15) is 33.6 Å². The van der Waals surface area contributed by atoms with Gasteiger partial charge in [0.1, 0.15) is 0 Å². The Morgan fingerprint density at radius 1 is 1.00 bits per heavy atom. The van der Waals surface area contributed by atoms with Gasteiger partial charge in [0.2, 0.25) is 0 Å². The van der Waals surface area contributed by atoms with Crippen LogP contribution in [0.15, 0.2) is 0 Å². The van der Waals surface area contributed by atoms with Crippen LogP contribution in [-0.2, 0) is 0 Å². The molecule has 0 aromatic carbocycles. The summed E-state index contributed by atoms with van der Waals surface area (Å²) in [6.07, 6.45) is -13.1. The number of hydrogen-bond donors (Lipinski definition) is 1. The summed E-state index contributed by atoms with van der Waals surface area (Å²) < 4.78 is 93.6. The van der Waals surface area contributed by atoms with Crippen LogP contribution < -0.4 is 0 Å². The summed E-state index contributed by atoms with van der Waals surface area (Å²) in [7, 11) is 0. The summed E-state index contributed by atoms with van der Waals surface area (Å²) >= 11 is 0. The molecule has 3 fully saturated rings. The third kappa shape index (κ3) is 1.34. The molecule has 2 bridgehead atoms. The van der Waals surface area contributed by atoms with Crippen molar-refractivity contribution < 1.29 is 35.8 Å². The van der Waals surface area contributed by atoms with Crippen LogP contribution in [-0.4, -0.2) is 28.7 Å². The smallest absolute Gasteiger partial charge is 0.371 e. The molecule has 0 amide bonds. The molecule has 0 radical (unpaired) electrons. The first-order valence-corrected chi connectivity index (χ1v) is 7.13. The van der Waals surface area contributed by atoms with E-state index >= 15 is 4.39 Å². The van der Waals surface area contributed by atoms with Gasteiger partial charge in [-0.3, -0.25) is 0 Å². The predicted octanol–water partition coefficient (Wildman–Crippen LogP) is 4.25. The Bertz CT molecular complexity index is 508. The second-order valence-electron chi connectivity index (χ2n) is 7.77. The number of rotatable bonds is 1. The molecule has 1 spiro atoms. The van der Waals surface area contributed by atoms with Crippen molar-refractivity contribution in [2.45, 2.75) is 57.2 Å². The lowest BCUT2D eigenvalue weighted by Crippen LogP contribution is -2.71. The average Bonchev–Trinajstić information content (AvgIpc) is 2.59. The van der Waals surface area contributed by atoms with Crippen molar-refractivity contribution in [1.82, 2.24) is 0 Å². The fourth-order valence-corrected chi connectivity index (χ4v) is 5.96. The van der Waals surface area contributed by atoms with Crippen LogP contribution in [0.2, 0.25) is 0 Å². The monoisotopic (exact) mass is 334 g/mol. The molecular formula is C14H17F7O. The van der Waals surface area contributed by atoms with Gasteiger partial charge in [-0.1, -0.05) is 20.8 Å². The van der Waals surface area contributed by atoms with Crippen LogP contribution in [0.4, 0.5) is 30.7 Å². The van der Waals surface area contributed by atoms with E-state index in [-0.39, 0.29) is 12.3 Å². The lowest BCUT2D eigenvalue weighted by molar-refractivity contribution is -0.409. The van der Waals surface area contributed by atoms with Gasteiger partial charge in [-0.05, 0) is 35.5 Å². The first-order chi connectivity index (χ1) is 9.58. The number of fused-ring (bicyclic) bond motifs is 1. The summed E-state index contributed by atoms with van der Waals surface area (Å²) in [6, 6.07) is 0. The molecule has 22 heavy (non-hydrogen) atoms.